The van der Waals surface area contributed by atoms with Crippen LogP contribution in [0.25, 0.3) is 0 Å². The second kappa shape index (κ2) is 8.32. The molecule has 1 amide bonds. The number of sulfonamides is 1. The Kier molecular flexibility index (Phi) is 6.16. The van der Waals surface area contributed by atoms with Gasteiger partial charge in [-0.25, -0.2) is 21.1 Å². The lowest BCUT2D eigenvalue weighted by Crippen LogP contribution is -2.44. The quantitative estimate of drug-likeness (QED) is 0.622. The zero-order valence-corrected chi connectivity index (χ0v) is 18.3. The van der Waals surface area contributed by atoms with Crippen molar-refractivity contribution < 1.29 is 21.6 Å². The molecule has 1 atom stereocenters. The number of sulfone groups is 1. The van der Waals surface area contributed by atoms with Crippen LogP contribution < -0.4 is 10.5 Å². The fraction of sp³-hybridized carbons (Fsp3) is 0.368. The summed E-state index contributed by atoms with van der Waals surface area (Å²) in [5.74, 6) is -0.660. The summed E-state index contributed by atoms with van der Waals surface area (Å²) in [6.07, 6.45) is 1.43. The first-order chi connectivity index (χ1) is 14.0. The highest BCUT2D eigenvalue weighted by Crippen LogP contribution is 2.25. The van der Waals surface area contributed by atoms with Crippen LogP contribution in [0.1, 0.15) is 6.42 Å². The van der Waals surface area contributed by atoms with Crippen molar-refractivity contribution in [2.45, 2.75) is 23.9 Å². The third-order valence-corrected chi connectivity index (χ3v) is 8.47. The van der Waals surface area contributed by atoms with Crippen LogP contribution in [0.15, 0.2) is 58.4 Å². The summed E-state index contributed by atoms with van der Waals surface area (Å²) in [5, 5.41) is 0. The van der Waals surface area contributed by atoms with Gasteiger partial charge < -0.3 is 9.47 Å². The minimum absolute atomic E-state index is 0.00913. The van der Waals surface area contributed by atoms with Gasteiger partial charge in [0.05, 0.1) is 22.4 Å². The van der Waals surface area contributed by atoms with Crippen molar-refractivity contribution in [3.8, 4) is 0 Å². The summed E-state index contributed by atoms with van der Waals surface area (Å²) in [5.41, 5.74) is -0.0113. The normalized spacial score (nSPS) is 18.4. The molecule has 1 aromatic heterocycles. The van der Waals surface area contributed by atoms with Gasteiger partial charge in [0.15, 0.2) is 9.84 Å². The lowest BCUT2D eigenvalue weighted by Gasteiger charge is -2.28. The molecule has 1 unspecified atom stereocenters. The van der Waals surface area contributed by atoms with E-state index in [-0.39, 0.29) is 16.4 Å². The number of rotatable bonds is 6. The highest BCUT2D eigenvalue weighted by Gasteiger charge is 2.35. The molecule has 162 valence electrons. The van der Waals surface area contributed by atoms with Crippen molar-refractivity contribution in [1.29, 1.82) is 0 Å². The molecule has 1 aromatic carbocycles. The smallest absolute Gasteiger partial charge is 0.251 e. The fourth-order valence-electron chi connectivity index (χ4n) is 3.34. The number of pyridine rings is 1. The molecular weight excluding hydrogens is 430 g/mol. The molecule has 1 fully saturated rings. The topological polar surface area (TPSA) is 114 Å². The number of nitrogens with zero attached hydrogens (tertiary/aromatic N) is 3. The van der Waals surface area contributed by atoms with Crippen LogP contribution in [0, 0.1) is 0 Å². The van der Waals surface area contributed by atoms with E-state index in [0.29, 0.717) is 12.1 Å². The summed E-state index contributed by atoms with van der Waals surface area (Å²) < 4.78 is 50.7. The molecule has 0 saturated carbocycles. The van der Waals surface area contributed by atoms with E-state index in [1.54, 1.807) is 30.3 Å². The predicted octanol–water partition coefficient (Wildman–Crippen LogP) is 0.319. The van der Waals surface area contributed by atoms with Gasteiger partial charge in [-0.15, -0.1) is 0 Å². The average molecular weight is 454 g/mol. The monoisotopic (exact) mass is 453 g/mol. The van der Waals surface area contributed by atoms with Gasteiger partial charge in [0.1, 0.15) is 6.54 Å². The number of benzene rings is 1. The number of hydrogen-bond donors (Lipinski definition) is 0. The van der Waals surface area contributed by atoms with Crippen LogP contribution in [-0.4, -0.2) is 63.3 Å². The molecule has 0 spiro atoms. The van der Waals surface area contributed by atoms with Crippen molar-refractivity contribution in [3.05, 3.63) is 59.0 Å². The zero-order chi connectivity index (χ0) is 22.1. The Labute approximate surface area is 175 Å². The zero-order valence-electron chi connectivity index (χ0n) is 16.6. The molecule has 0 aliphatic carbocycles. The third-order valence-electron chi connectivity index (χ3n) is 4.92. The van der Waals surface area contributed by atoms with Gasteiger partial charge in [0, 0.05) is 32.0 Å². The Morgan fingerprint density at radius 1 is 1.13 bits per heavy atom. The van der Waals surface area contributed by atoms with Crippen molar-refractivity contribution in [3.63, 3.8) is 0 Å². The SMILES string of the molecule is CN(C)S(=O)(=O)c1ccc(=O)n(CC(=O)N(c2ccccc2)C2CCS(=O)(=O)C2)c1. The van der Waals surface area contributed by atoms with Crippen molar-refractivity contribution in [1.82, 2.24) is 8.87 Å². The van der Waals surface area contributed by atoms with Gasteiger partial charge in [0.25, 0.3) is 5.56 Å². The van der Waals surface area contributed by atoms with Crippen LogP contribution in [0.4, 0.5) is 5.69 Å². The largest absolute Gasteiger partial charge is 0.307 e. The van der Waals surface area contributed by atoms with E-state index >= 15 is 0 Å². The second-order valence-electron chi connectivity index (χ2n) is 7.27. The minimum atomic E-state index is -3.79. The number of hydrogen-bond acceptors (Lipinski definition) is 6. The number of aromatic nitrogens is 1. The Bertz CT molecular complexity index is 1200. The molecule has 30 heavy (non-hydrogen) atoms. The van der Waals surface area contributed by atoms with Gasteiger partial charge in [0.2, 0.25) is 15.9 Å². The van der Waals surface area contributed by atoms with E-state index in [0.717, 1.165) is 21.1 Å². The maximum absolute atomic E-state index is 13.2. The summed E-state index contributed by atoms with van der Waals surface area (Å²) in [6.45, 7) is -0.416. The molecule has 3 rings (SSSR count). The molecule has 2 heterocycles. The van der Waals surface area contributed by atoms with Crippen molar-refractivity contribution >= 4 is 31.5 Å². The van der Waals surface area contributed by atoms with Crippen LogP contribution >= 0.6 is 0 Å². The molecule has 0 radical (unpaired) electrons. The summed E-state index contributed by atoms with van der Waals surface area (Å²) >= 11 is 0. The van der Waals surface area contributed by atoms with Gasteiger partial charge in [-0.3, -0.25) is 9.59 Å². The first kappa shape index (κ1) is 22.2. The Hall–Kier alpha value is -2.50. The molecule has 11 heteroatoms. The molecule has 2 aromatic rings. The molecule has 0 N–H and O–H groups in total. The maximum Gasteiger partial charge on any atom is 0.251 e. The maximum atomic E-state index is 13.2. The van der Waals surface area contributed by atoms with Gasteiger partial charge in [-0.1, -0.05) is 18.2 Å². The first-order valence-corrected chi connectivity index (χ1v) is 12.5. The minimum Gasteiger partial charge on any atom is -0.307 e. The van der Waals surface area contributed by atoms with Gasteiger partial charge >= 0.3 is 0 Å². The summed E-state index contributed by atoms with van der Waals surface area (Å²) in [6, 6.07) is 10.4. The predicted molar refractivity (Wildman–Crippen MR) is 113 cm³/mol. The lowest BCUT2D eigenvalue weighted by molar-refractivity contribution is -0.119. The molecule has 1 aliphatic heterocycles. The number of carbonyl (C=O) groups excluding carboxylic acids is 1. The van der Waals surface area contributed by atoms with Crippen molar-refractivity contribution in [2.24, 2.45) is 0 Å². The Morgan fingerprint density at radius 2 is 1.80 bits per heavy atom. The number of para-hydroxylation sites is 1. The van der Waals surface area contributed by atoms with Crippen LogP contribution in [0.2, 0.25) is 0 Å². The van der Waals surface area contributed by atoms with Gasteiger partial charge in [-0.2, -0.15) is 0 Å². The van der Waals surface area contributed by atoms with E-state index in [1.807, 2.05) is 0 Å². The lowest BCUT2D eigenvalue weighted by atomic mass is 10.1. The number of amides is 1. The first-order valence-electron chi connectivity index (χ1n) is 9.22. The van der Waals surface area contributed by atoms with E-state index < -0.39 is 43.9 Å². The second-order valence-corrected chi connectivity index (χ2v) is 11.7. The van der Waals surface area contributed by atoms with E-state index in [2.05, 4.69) is 0 Å². The van der Waals surface area contributed by atoms with E-state index in [1.165, 1.54) is 25.1 Å². The van der Waals surface area contributed by atoms with Crippen LogP contribution in [0.5, 0.6) is 0 Å². The molecule has 9 nitrogen and oxygen atoms in total. The number of carbonyl (C=O) groups is 1. The number of anilines is 1. The molecular formula is C19H23N3O6S2. The molecule has 0 bridgehead atoms. The van der Waals surface area contributed by atoms with Crippen LogP contribution in [-0.2, 0) is 31.2 Å². The van der Waals surface area contributed by atoms with Crippen molar-refractivity contribution in [2.75, 3.05) is 30.5 Å². The van der Waals surface area contributed by atoms with Gasteiger partial charge in [-0.05, 0) is 24.6 Å². The summed E-state index contributed by atoms with van der Waals surface area (Å²) in [7, 11) is -4.29. The highest BCUT2D eigenvalue weighted by atomic mass is 32.2. The highest BCUT2D eigenvalue weighted by molar-refractivity contribution is 7.91. The summed E-state index contributed by atoms with van der Waals surface area (Å²) in [4.78, 5) is 26.7. The fourth-order valence-corrected chi connectivity index (χ4v) is 5.97. The Morgan fingerprint density at radius 3 is 2.37 bits per heavy atom. The third kappa shape index (κ3) is 4.63. The van der Waals surface area contributed by atoms with Crippen LogP contribution in [0.3, 0.4) is 0 Å². The Balaban J connectivity index is 1.96. The van der Waals surface area contributed by atoms with E-state index in [4.69, 9.17) is 0 Å². The molecule has 1 aliphatic rings. The average Bonchev–Trinajstić information content (AvgIpc) is 3.03. The standard InChI is InChI=1S/C19H23N3O6S2/c1-20(2)30(27,28)17-8-9-18(23)21(12-17)13-19(24)22(15-6-4-3-5-7-15)16-10-11-29(25,26)14-16/h3-9,12,16H,10-11,13-14H2,1-2H3. The molecule has 1 saturated heterocycles. The van der Waals surface area contributed by atoms with E-state index in [9.17, 15) is 26.4 Å².